The van der Waals surface area contributed by atoms with Gasteiger partial charge >= 0.3 is 0 Å². The molecule has 142 valence electrons. The zero-order valence-electron chi connectivity index (χ0n) is 15.3. The highest BCUT2D eigenvalue weighted by Crippen LogP contribution is 2.24. The Morgan fingerprint density at radius 2 is 1.96 bits per heavy atom. The van der Waals surface area contributed by atoms with Crippen LogP contribution in [-0.2, 0) is 4.79 Å². The molecule has 6 N–H and O–H groups in total. The lowest BCUT2D eigenvalue weighted by molar-refractivity contribution is -0.126. The minimum atomic E-state index is -0.300. The van der Waals surface area contributed by atoms with Crippen molar-refractivity contribution >= 4 is 5.91 Å². The molecule has 0 aromatic carbocycles. The van der Waals surface area contributed by atoms with Gasteiger partial charge < -0.3 is 26.5 Å². The Bertz CT molecular complexity index is 527. The topological polar surface area (TPSA) is 132 Å². The van der Waals surface area contributed by atoms with Crippen LogP contribution in [0.25, 0.3) is 0 Å². The molecule has 1 amide bonds. The molecule has 2 heterocycles. The third-order valence-electron chi connectivity index (χ3n) is 4.73. The van der Waals surface area contributed by atoms with Crippen LogP contribution in [0.3, 0.4) is 0 Å². The number of amides is 1. The van der Waals surface area contributed by atoms with E-state index in [1.807, 2.05) is 13.8 Å². The number of nitrogens with one attached hydrogen (secondary N) is 2. The molecule has 0 radical (unpaired) electrons. The van der Waals surface area contributed by atoms with Crippen LogP contribution in [0.2, 0.25) is 0 Å². The van der Waals surface area contributed by atoms with E-state index in [4.69, 9.17) is 15.9 Å². The SMILES string of the molecule is CC(C)[C@H](N)c1nnc([C@H](CCCCN)NC(=O)C2CCNCC2)o1. The number of aromatic nitrogens is 2. The fraction of sp³-hybridized carbons (Fsp3) is 0.824. The molecule has 2 atom stereocenters. The molecule has 2 rings (SSSR count). The summed E-state index contributed by atoms with van der Waals surface area (Å²) in [4.78, 5) is 12.6. The lowest BCUT2D eigenvalue weighted by atomic mass is 9.96. The van der Waals surface area contributed by atoms with Crippen molar-refractivity contribution in [3.8, 4) is 0 Å². The van der Waals surface area contributed by atoms with E-state index in [2.05, 4.69) is 20.8 Å². The van der Waals surface area contributed by atoms with E-state index in [1.54, 1.807) is 0 Å². The van der Waals surface area contributed by atoms with E-state index >= 15 is 0 Å². The molecule has 0 aliphatic carbocycles. The number of hydrogen-bond acceptors (Lipinski definition) is 7. The van der Waals surface area contributed by atoms with Gasteiger partial charge in [0.05, 0.1) is 6.04 Å². The van der Waals surface area contributed by atoms with Crippen molar-refractivity contribution in [3.63, 3.8) is 0 Å². The third-order valence-corrected chi connectivity index (χ3v) is 4.73. The fourth-order valence-corrected chi connectivity index (χ4v) is 2.93. The average Bonchev–Trinajstić information content (AvgIpc) is 3.10. The first-order valence-corrected chi connectivity index (χ1v) is 9.33. The standard InChI is InChI=1S/C17H32N6O2/c1-11(2)14(19)17-23-22-16(25-17)13(5-3-4-8-18)21-15(24)12-6-9-20-10-7-12/h11-14,20H,3-10,18-19H2,1-2H3,(H,21,24)/t13-,14-/m0/s1. The molecular weight excluding hydrogens is 320 g/mol. The van der Waals surface area contributed by atoms with Gasteiger partial charge in [-0.2, -0.15) is 0 Å². The Hall–Kier alpha value is -1.51. The monoisotopic (exact) mass is 352 g/mol. The molecule has 0 saturated carbocycles. The smallest absolute Gasteiger partial charge is 0.238 e. The van der Waals surface area contributed by atoms with E-state index in [0.717, 1.165) is 45.2 Å². The van der Waals surface area contributed by atoms with Gasteiger partial charge in [0.2, 0.25) is 17.7 Å². The molecule has 0 spiro atoms. The van der Waals surface area contributed by atoms with E-state index < -0.39 is 0 Å². The number of rotatable bonds is 9. The number of piperidine rings is 1. The van der Waals surface area contributed by atoms with Crippen molar-refractivity contribution in [1.82, 2.24) is 20.8 Å². The zero-order valence-corrected chi connectivity index (χ0v) is 15.3. The van der Waals surface area contributed by atoms with E-state index in [0.29, 0.717) is 18.3 Å². The first kappa shape index (κ1) is 19.8. The van der Waals surface area contributed by atoms with Crippen molar-refractivity contribution in [2.75, 3.05) is 19.6 Å². The van der Waals surface area contributed by atoms with Crippen LogP contribution in [0.4, 0.5) is 0 Å². The maximum Gasteiger partial charge on any atom is 0.238 e. The number of nitrogens with two attached hydrogens (primary N) is 2. The maximum absolute atomic E-state index is 12.6. The van der Waals surface area contributed by atoms with Gasteiger partial charge in [0.15, 0.2) is 0 Å². The summed E-state index contributed by atoms with van der Waals surface area (Å²) in [5.41, 5.74) is 11.7. The van der Waals surface area contributed by atoms with Gasteiger partial charge in [0.1, 0.15) is 6.04 Å². The first-order valence-electron chi connectivity index (χ1n) is 9.33. The number of nitrogens with zero attached hydrogens (tertiary/aromatic N) is 2. The van der Waals surface area contributed by atoms with Crippen molar-refractivity contribution in [3.05, 3.63) is 11.8 Å². The first-order chi connectivity index (χ1) is 12.0. The molecule has 1 saturated heterocycles. The zero-order chi connectivity index (χ0) is 18.2. The highest BCUT2D eigenvalue weighted by Gasteiger charge is 2.27. The molecule has 25 heavy (non-hydrogen) atoms. The summed E-state index contributed by atoms with van der Waals surface area (Å²) in [6.07, 6.45) is 4.23. The Balaban J connectivity index is 2.05. The molecule has 1 aliphatic heterocycles. The number of carbonyl (C=O) groups is 1. The predicted octanol–water partition coefficient (Wildman–Crippen LogP) is 1.01. The van der Waals surface area contributed by atoms with Crippen molar-refractivity contribution in [1.29, 1.82) is 0 Å². The van der Waals surface area contributed by atoms with Gasteiger partial charge in [0.25, 0.3) is 0 Å². The second-order valence-corrected chi connectivity index (χ2v) is 7.12. The van der Waals surface area contributed by atoms with Crippen molar-refractivity contribution < 1.29 is 9.21 Å². The molecular formula is C17H32N6O2. The van der Waals surface area contributed by atoms with Crippen LogP contribution >= 0.6 is 0 Å². The molecule has 0 unspecified atom stereocenters. The Morgan fingerprint density at radius 3 is 2.60 bits per heavy atom. The largest absolute Gasteiger partial charge is 0.421 e. The number of unbranched alkanes of at least 4 members (excludes halogenated alkanes) is 1. The van der Waals surface area contributed by atoms with Crippen LogP contribution < -0.4 is 22.1 Å². The lowest BCUT2D eigenvalue weighted by Gasteiger charge is -2.24. The maximum atomic E-state index is 12.6. The second-order valence-electron chi connectivity index (χ2n) is 7.12. The summed E-state index contributed by atoms with van der Waals surface area (Å²) < 4.78 is 5.78. The van der Waals surface area contributed by atoms with Crippen LogP contribution in [-0.4, -0.2) is 35.7 Å². The number of hydrogen-bond donors (Lipinski definition) is 4. The summed E-state index contributed by atoms with van der Waals surface area (Å²) in [5, 5.41) is 14.6. The van der Waals surface area contributed by atoms with Crippen LogP contribution in [0.1, 0.15) is 69.8 Å². The molecule has 1 aromatic rings. The summed E-state index contributed by atoms with van der Waals surface area (Å²) in [5.74, 6) is 1.16. The van der Waals surface area contributed by atoms with Gasteiger partial charge in [-0.15, -0.1) is 10.2 Å². The summed E-state index contributed by atoms with van der Waals surface area (Å²) in [6.45, 7) is 6.40. The Kier molecular flexibility index (Phi) is 7.80. The van der Waals surface area contributed by atoms with Gasteiger partial charge in [0, 0.05) is 5.92 Å². The fourth-order valence-electron chi connectivity index (χ4n) is 2.93. The Labute approximate surface area is 149 Å². The van der Waals surface area contributed by atoms with E-state index in [1.165, 1.54) is 0 Å². The molecule has 0 bridgehead atoms. The van der Waals surface area contributed by atoms with Crippen LogP contribution in [0.5, 0.6) is 0 Å². The molecule has 1 fully saturated rings. The van der Waals surface area contributed by atoms with Crippen LogP contribution in [0.15, 0.2) is 4.42 Å². The molecule has 1 aliphatic rings. The van der Waals surface area contributed by atoms with E-state index in [-0.39, 0.29) is 29.8 Å². The van der Waals surface area contributed by atoms with Gasteiger partial charge in [-0.3, -0.25) is 4.79 Å². The minimum absolute atomic E-state index is 0.0403. The van der Waals surface area contributed by atoms with Gasteiger partial charge in [-0.1, -0.05) is 13.8 Å². The number of carbonyl (C=O) groups excluding carboxylic acids is 1. The highest BCUT2D eigenvalue weighted by molar-refractivity contribution is 5.79. The lowest BCUT2D eigenvalue weighted by Crippen LogP contribution is -2.39. The normalized spacial score (nSPS) is 18.3. The van der Waals surface area contributed by atoms with Crippen LogP contribution in [0, 0.1) is 11.8 Å². The second kappa shape index (κ2) is 9.84. The highest BCUT2D eigenvalue weighted by atomic mass is 16.4. The molecule has 1 aromatic heterocycles. The third kappa shape index (κ3) is 5.76. The summed E-state index contributed by atoms with van der Waals surface area (Å²) >= 11 is 0. The predicted molar refractivity (Wildman–Crippen MR) is 95.4 cm³/mol. The quantitative estimate of drug-likeness (QED) is 0.488. The van der Waals surface area contributed by atoms with Crippen molar-refractivity contribution in [2.45, 2.75) is 58.0 Å². The van der Waals surface area contributed by atoms with Gasteiger partial charge in [-0.25, -0.2) is 0 Å². The van der Waals surface area contributed by atoms with E-state index in [9.17, 15) is 4.79 Å². The average molecular weight is 352 g/mol. The summed E-state index contributed by atoms with van der Waals surface area (Å²) in [6, 6.07) is -0.583. The molecule has 8 heteroatoms. The van der Waals surface area contributed by atoms with Gasteiger partial charge in [-0.05, 0) is 57.7 Å². The van der Waals surface area contributed by atoms with Crippen molar-refractivity contribution in [2.24, 2.45) is 23.3 Å². The Morgan fingerprint density at radius 1 is 1.28 bits per heavy atom. The summed E-state index contributed by atoms with van der Waals surface area (Å²) in [7, 11) is 0. The minimum Gasteiger partial charge on any atom is -0.421 e. The molecule has 8 nitrogen and oxygen atoms in total.